The van der Waals surface area contributed by atoms with Crippen molar-refractivity contribution in [2.24, 2.45) is 17.6 Å². The van der Waals surface area contributed by atoms with E-state index in [2.05, 4.69) is 4.90 Å². The number of carbonyl (C=O) groups excluding carboxylic acids is 1. The van der Waals surface area contributed by atoms with E-state index in [1.165, 1.54) is 0 Å². The maximum absolute atomic E-state index is 12.0. The van der Waals surface area contributed by atoms with Crippen LogP contribution in [0.15, 0.2) is 0 Å². The van der Waals surface area contributed by atoms with Crippen LogP contribution in [0.3, 0.4) is 0 Å². The molecule has 0 aliphatic carbocycles. The van der Waals surface area contributed by atoms with Crippen LogP contribution >= 0.6 is 0 Å². The van der Waals surface area contributed by atoms with Crippen LogP contribution in [0.5, 0.6) is 0 Å². The maximum Gasteiger partial charge on any atom is 0.310 e. The number of ether oxygens (including phenoxy) is 1. The fourth-order valence-electron chi connectivity index (χ4n) is 4.85. The van der Waals surface area contributed by atoms with Crippen molar-refractivity contribution in [2.75, 3.05) is 6.54 Å². The second-order valence-electron chi connectivity index (χ2n) is 7.07. The Morgan fingerprint density at radius 1 is 1.48 bits per heavy atom. The molecule has 0 radical (unpaired) electrons. The molecule has 5 nitrogen and oxygen atoms in total. The van der Waals surface area contributed by atoms with Gasteiger partial charge in [0.15, 0.2) is 5.72 Å². The van der Waals surface area contributed by atoms with Gasteiger partial charge in [0.1, 0.15) is 0 Å². The maximum atomic E-state index is 12.0. The van der Waals surface area contributed by atoms with Crippen LogP contribution in [-0.2, 0) is 9.53 Å². The fraction of sp³-hybridized carbons (Fsp3) is 0.938. The molecule has 3 saturated heterocycles. The van der Waals surface area contributed by atoms with Gasteiger partial charge in [-0.25, -0.2) is 0 Å². The van der Waals surface area contributed by atoms with Gasteiger partial charge in [-0.05, 0) is 32.2 Å². The number of nitrogens with two attached hydrogens (primary N) is 1. The number of aliphatic hydroxyl groups is 1. The molecular formula is C16H28N2O3. The quantitative estimate of drug-likeness (QED) is 0.750. The first kappa shape index (κ1) is 15.3. The summed E-state index contributed by atoms with van der Waals surface area (Å²) in [6.07, 6.45) is 5.34. The lowest BCUT2D eigenvalue weighted by molar-refractivity contribution is -0.151. The minimum absolute atomic E-state index is 0.0550. The highest BCUT2D eigenvalue weighted by molar-refractivity contribution is 5.75. The zero-order chi connectivity index (χ0) is 15.2. The van der Waals surface area contributed by atoms with Crippen molar-refractivity contribution in [3.63, 3.8) is 0 Å². The summed E-state index contributed by atoms with van der Waals surface area (Å²) in [7, 11) is 0. The summed E-state index contributed by atoms with van der Waals surface area (Å²) >= 11 is 0. The third-order valence-electron chi connectivity index (χ3n) is 5.88. The molecular weight excluding hydrogens is 268 g/mol. The van der Waals surface area contributed by atoms with Crippen LogP contribution in [-0.4, -0.2) is 46.4 Å². The van der Waals surface area contributed by atoms with Gasteiger partial charge in [-0.2, -0.15) is 0 Å². The van der Waals surface area contributed by atoms with Gasteiger partial charge in [-0.15, -0.1) is 0 Å². The number of hydrogen-bond acceptors (Lipinski definition) is 5. The van der Waals surface area contributed by atoms with E-state index in [0.717, 1.165) is 45.1 Å². The minimum Gasteiger partial charge on any atom is -0.444 e. The predicted molar refractivity (Wildman–Crippen MR) is 79.3 cm³/mol. The van der Waals surface area contributed by atoms with E-state index in [9.17, 15) is 9.90 Å². The van der Waals surface area contributed by atoms with E-state index in [-0.39, 0.29) is 36.0 Å². The molecule has 5 heteroatoms. The zero-order valence-corrected chi connectivity index (χ0v) is 13.1. The Labute approximate surface area is 126 Å². The van der Waals surface area contributed by atoms with Gasteiger partial charge < -0.3 is 9.84 Å². The summed E-state index contributed by atoms with van der Waals surface area (Å²) in [5, 5.41) is 10.4. The normalized spacial score (nSPS) is 45.4. The Balaban J connectivity index is 1.91. The molecule has 3 aliphatic rings. The summed E-state index contributed by atoms with van der Waals surface area (Å²) < 4.78 is 5.57. The van der Waals surface area contributed by atoms with E-state index >= 15 is 0 Å². The number of rotatable bonds is 2. The summed E-state index contributed by atoms with van der Waals surface area (Å²) in [4.78, 5) is 14.5. The van der Waals surface area contributed by atoms with Gasteiger partial charge in [-0.3, -0.25) is 15.4 Å². The molecule has 3 heterocycles. The van der Waals surface area contributed by atoms with Crippen molar-refractivity contribution in [1.29, 1.82) is 0 Å². The highest BCUT2D eigenvalue weighted by atomic mass is 16.6. The lowest BCUT2D eigenvalue weighted by atomic mass is 9.76. The van der Waals surface area contributed by atoms with Crippen molar-refractivity contribution < 1.29 is 14.6 Å². The average molecular weight is 296 g/mol. The molecule has 3 N–H and O–H groups in total. The van der Waals surface area contributed by atoms with Crippen molar-refractivity contribution in [3.05, 3.63) is 0 Å². The Morgan fingerprint density at radius 2 is 2.24 bits per heavy atom. The Bertz CT molecular complexity index is 416. The molecule has 120 valence electrons. The second kappa shape index (κ2) is 5.52. The molecule has 6 atom stereocenters. The Kier molecular flexibility index (Phi) is 4.01. The van der Waals surface area contributed by atoms with Crippen LogP contribution < -0.4 is 5.73 Å². The van der Waals surface area contributed by atoms with Gasteiger partial charge in [-0.1, -0.05) is 20.3 Å². The summed E-state index contributed by atoms with van der Waals surface area (Å²) in [5.74, 6) is -0.236. The Morgan fingerprint density at radius 3 is 2.95 bits per heavy atom. The number of piperidine rings is 1. The van der Waals surface area contributed by atoms with Crippen molar-refractivity contribution in [3.8, 4) is 0 Å². The predicted octanol–water partition coefficient (Wildman–Crippen LogP) is 1.24. The lowest BCUT2D eigenvalue weighted by Gasteiger charge is -2.47. The third-order valence-corrected chi connectivity index (χ3v) is 5.88. The number of esters is 1. The largest absolute Gasteiger partial charge is 0.444 e. The lowest BCUT2D eigenvalue weighted by Crippen LogP contribution is -2.58. The molecule has 6 unspecified atom stereocenters. The molecule has 0 aromatic heterocycles. The van der Waals surface area contributed by atoms with Crippen molar-refractivity contribution >= 4 is 5.97 Å². The van der Waals surface area contributed by atoms with E-state index in [1.54, 1.807) is 0 Å². The molecule has 3 rings (SSSR count). The van der Waals surface area contributed by atoms with Gasteiger partial charge >= 0.3 is 5.97 Å². The monoisotopic (exact) mass is 296 g/mol. The molecule has 0 bridgehead atoms. The molecule has 0 saturated carbocycles. The molecule has 0 aromatic carbocycles. The smallest absolute Gasteiger partial charge is 0.310 e. The minimum atomic E-state index is -0.797. The van der Waals surface area contributed by atoms with Gasteiger partial charge in [0.2, 0.25) is 0 Å². The molecule has 3 fully saturated rings. The first-order valence-electron chi connectivity index (χ1n) is 8.43. The van der Waals surface area contributed by atoms with Crippen LogP contribution in [0.1, 0.15) is 52.4 Å². The highest BCUT2D eigenvalue weighted by Crippen LogP contribution is 2.46. The van der Waals surface area contributed by atoms with Crippen LogP contribution in [0, 0.1) is 11.8 Å². The molecule has 0 spiro atoms. The second-order valence-corrected chi connectivity index (χ2v) is 7.07. The summed E-state index contributed by atoms with van der Waals surface area (Å²) in [6.45, 7) is 4.93. The third kappa shape index (κ3) is 2.39. The van der Waals surface area contributed by atoms with Crippen LogP contribution in [0.25, 0.3) is 0 Å². The van der Waals surface area contributed by atoms with Gasteiger partial charge in [0.05, 0.1) is 12.0 Å². The zero-order valence-electron chi connectivity index (χ0n) is 13.1. The van der Waals surface area contributed by atoms with E-state index < -0.39 is 5.72 Å². The first-order valence-corrected chi connectivity index (χ1v) is 8.43. The first-order chi connectivity index (χ1) is 9.98. The van der Waals surface area contributed by atoms with Gasteiger partial charge in [0, 0.05) is 24.4 Å². The highest BCUT2D eigenvalue weighted by Gasteiger charge is 2.57. The topological polar surface area (TPSA) is 75.8 Å². The van der Waals surface area contributed by atoms with Crippen LogP contribution in [0.4, 0.5) is 0 Å². The molecule has 0 amide bonds. The fourth-order valence-corrected chi connectivity index (χ4v) is 4.85. The molecule has 3 aliphatic heterocycles. The average Bonchev–Trinajstić information content (AvgIpc) is 2.60. The standard InChI is InChI=1S/C16H28N2O3/c1-3-13(19)11-6-4-7-12-14-10(2)15(20)21-16(14,17)8-5-9-18(11)12/h10-14,19H,3-9,17H2,1-2H3. The Hall–Kier alpha value is -0.650. The molecule has 21 heavy (non-hydrogen) atoms. The van der Waals surface area contributed by atoms with Crippen molar-refractivity contribution in [1.82, 2.24) is 4.90 Å². The van der Waals surface area contributed by atoms with E-state index in [4.69, 9.17) is 10.5 Å². The number of aliphatic hydroxyl groups excluding tert-OH is 1. The van der Waals surface area contributed by atoms with E-state index in [1.807, 2.05) is 13.8 Å². The van der Waals surface area contributed by atoms with Crippen molar-refractivity contribution in [2.45, 2.75) is 76.3 Å². The molecule has 0 aromatic rings. The SMILES string of the molecule is CCC(O)C1CCCC2C3C(C)C(=O)OC3(N)CCCN12. The number of fused-ring (bicyclic) bond motifs is 3. The summed E-state index contributed by atoms with van der Waals surface area (Å²) in [5.41, 5.74) is 5.68. The van der Waals surface area contributed by atoms with Gasteiger partial charge in [0.25, 0.3) is 0 Å². The van der Waals surface area contributed by atoms with Crippen LogP contribution in [0.2, 0.25) is 0 Å². The number of nitrogens with zero attached hydrogens (tertiary/aromatic N) is 1. The number of hydrogen-bond donors (Lipinski definition) is 2. The summed E-state index contributed by atoms with van der Waals surface area (Å²) in [6, 6.07) is 0.470. The number of carbonyl (C=O) groups is 1. The van der Waals surface area contributed by atoms with E-state index in [0.29, 0.717) is 0 Å².